The molecule has 4 rings (SSSR count). The van der Waals surface area contributed by atoms with Gasteiger partial charge in [-0.05, 0) is 29.7 Å². The van der Waals surface area contributed by atoms with E-state index in [0.29, 0.717) is 10.0 Å². The molecule has 1 aromatic heterocycles. The Labute approximate surface area is 144 Å². The summed E-state index contributed by atoms with van der Waals surface area (Å²) in [7, 11) is 0. The van der Waals surface area contributed by atoms with Crippen LogP contribution in [0.3, 0.4) is 0 Å². The van der Waals surface area contributed by atoms with Gasteiger partial charge in [0.1, 0.15) is 6.33 Å². The Morgan fingerprint density at radius 1 is 1.00 bits per heavy atom. The average Bonchev–Trinajstić information content (AvgIpc) is 3.06. The first kappa shape index (κ1) is 14.5. The van der Waals surface area contributed by atoms with Crippen molar-refractivity contribution in [1.29, 1.82) is 0 Å². The minimum atomic E-state index is 0.0636. The number of halogens is 2. The molecular formula is C17H14Cl2N4. The van der Waals surface area contributed by atoms with Crippen molar-refractivity contribution >= 4 is 29.2 Å². The molecule has 3 aromatic rings. The van der Waals surface area contributed by atoms with E-state index in [-0.39, 0.29) is 12.1 Å². The summed E-state index contributed by atoms with van der Waals surface area (Å²) < 4.78 is 1.90. The van der Waals surface area contributed by atoms with Crippen molar-refractivity contribution in [3.63, 3.8) is 0 Å². The lowest BCUT2D eigenvalue weighted by Gasteiger charge is -2.32. The predicted molar refractivity (Wildman–Crippen MR) is 92.0 cm³/mol. The summed E-state index contributed by atoms with van der Waals surface area (Å²) in [5.74, 6) is 0.765. The Bertz CT molecular complexity index is 832. The highest BCUT2D eigenvalue weighted by Crippen LogP contribution is 2.38. The number of nitrogens with one attached hydrogen (secondary N) is 1. The van der Waals surface area contributed by atoms with E-state index < -0.39 is 0 Å². The number of benzene rings is 2. The summed E-state index contributed by atoms with van der Waals surface area (Å²) in [6.07, 6.45) is 2.43. The van der Waals surface area contributed by atoms with Crippen LogP contribution in [0.4, 0.5) is 5.95 Å². The maximum Gasteiger partial charge on any atom is 0.222 e. The van der Waals surface area contributed by atoms with Gasteiger partial charge in [-0.2, -0.15) is 10.1 Å². The molecule has 1 aliphatic heterocycles. The first-order chi connectivity index (χ1) is 11.2. The van der Waals surface area contributed by atoms with Crippen LogP contribution in [0.1, 0.15) is 29.6 Å². The summed E-state index contributed by atoms with van der Waals surface area (Å²) in [5.41, 5.74) is 2.31. The summed E-state index contributed by atoms with van der Waals surface area (Å²) in [6.45, 7) is 0. The fraction of sp³-hybridized carbons (Fsp3) is 0.176. The van der Waals surface area contributed by atoms with Gasteiger partial charge in [-0.3, -0.25) is 0 Å². The Kier molecular flexibility index (Phi) is 3.71. The average molecular weight is 345 g/mol. The number of hydrogen-bond acceptors (Lipinski definition) is 3. The fourth-order valence-corrected chi connectivity index (χ4v) is 3.33. The molecule has 0 unspecified atom stereocenters. The normalized spacial score (nSPS) is 19.9. The monoisotopic (exact) mass is 344 g/mol. The van der Waals surface area contributed by atoms with Crippen molar-refractivity contribution in [2.75, 3.05) is 5.32 Å². The number of anilines is 1. The van der Waals surface area contributed by atoms with Crippen molar-refractivity contribution in [2.45, 2.75) is 18.5 Å². The zero-order valence-electron chi connectivity index (χ0n) is 12.2. The molecule has 0 bridgehead atoms. The topological polar surface area (TPSA) is 42.7 Å². The van der Waals surface area contributed by atoms with Crippen LogP contribution in [-0.4, -0.2) is 14.8 Å². The van der Waals surface area contributed by atoms with E-state index in [9.17, 15) is 0 Å². The highest BCUT2D eigenvalue weighted by Gasteiger charge is 2.30. The third-order valence-corrected chi connectivity index (χ3v) is 4.90. The lowest BCUT2D eigenvalue weighted by atomic mass is 9.93. The second-order valence-corrected chi connectivity index (χ2v) is 6.38. The van der Waals surface area contributed by atoms with Crippen LogP contribution >= 0.6 is 23.2 Å². The highest BCUT2D eigenvalue weighted by molar-refractivity contribution is 6.42. The number of rotatable bonds is 2. The van der Waals surface area contributed by atoms with Crippen molar-refractivity contribution in [2.24, 2.45) is 0 Å². The minimum Gasteiger partial charge on any atom is -0.348 e. The maximum absolute atomic E-state index is 6.19. The fourth-order valence-electron chi connectivity index (χ4n) is 3.02. The molecule has 4 nitrogen and oxygen atoms in total. The molecule has 1 N–H and O–H groups in total. The van der Waals surface area contributed by atoms with Gasteiger partial charge in [0, 0.05) is 0 Å². The van der Waals surface area contributed by atoms with Crippen LogP contribution in [0.5, 0.6) is 0 Å². The zero-order chi connectivity index (χ0) is 15.8. The standard InChI is InChI=1S/C17H14Cl2N4/c18-13-7-6-12(8-14(13)19)16-9-15(11-4-2-1-3-5-11)22-17-20-10-21-23(16)17/h1-8,10,15-16H,9H2,(H,20,21,22)/t15-,16+/m1/s1. The molecule has 2 aromatic carbocycles. The Hall–Kier alpha value is -2.04. The van der Waals surface area contributed by atoms with Crippen molar-refractivity contribution in [3.05, 3.63) is 76.0 Å². The summed E-state index contributed by atoms with van der Waals surface area (Å²) in [4.78, 5) is 4.33. The molecule has 0 amide bonds. The van der Waals surface area contributed by atoms with E-state index in [1.807, 2.05) is 41.1 Å². The molecule has 0 radical (unpaired) electrons. The minimum absolute atomic E-state index is 0.0636. The number of fused-ring (bicyclic) bond motifs is 1. The van der Waals surface area contributed by atoms with Crippen LogP contribution < -0.4 is 5.32 Å². The Morgan fingerprint density at radius 3 is 2.61 bits per heavy atom. The zero-order valence-corrected chi connectivity index (χ0v) is 13.7. The summed E-state index contributed by atoms with van der Waals surface area (Å²) >= 11 is 12.2. The van der Waals surface area contributed by atoms with E-state index in [2.05, 4.69) is 27.5 Å². The van der Waals surface area contributed by atoms with Gasteiger partial charge in [0.2, 0.25) is 5.95 Å². The first-order valence-electron chi connectivity index (χ1n) is 7.38. The number of hydrogen-bond donors (Lipinski definition) is 1. The smallest absolute Gasteiger partial charge is 0.222 e. The van der Waals surface area contributed by atoms with Gasteiger partial charge in [0.15, 0.2) is 0 Å². The van der Waals surface area contributed by atoms with Gasteiger partial charge in [0.25, 0.3) is 0 Å². The van der Waals surface area contributed by atoms with Gasteiger partial charge >= 0.3 is 0 Å². The second-order valence-electron chi connectivity index (χ2n) is 5.56. The largest absolute Gasteiger partial charge is 0.348 e. The third kappa shape index (κ3) is 2.69. The van der Waals surface area contributed by atoms with Crippen LogP contribution in [0.15, 0.2) is 54.9 Å². The van der Waals surface area contributed by atoms with Crippen LogP contribution in [-0.2, 0) is 0 Å². The number of nitrogens with zero attached hydrogens (tertiary/aromatic N) is 3. The Morgan fingerprint density at radius 2 is 1.83 bits per heavy atom. The van der Waals surface area contributed by atoms with Gasteiger partial charge < -0.3 is 5.32 Å². The molecule has 0 saturated heterocycles. The van der Waals surface area contributed by atoms with Crippen LogP contribution in [0.2, 0.25) is 10.0 Å². The molecule has 0 fully saturated rings. The van der Waals surface area contributed by atoms with Crippen molar-refractivity contribution in [1.82, 2.24) is 14.8 Å². The van der Waals surface area contributed by atoms with E-state index >= 15 is 0 Å². The molecule has 0 saturated carbocycles. The molecule has 0 spiro atoms. The van der Waals surface area contributed by atoms with E-state index in [1.54, 1.807) is 6.33 Å². The van der Waals surface area contributed by atoms with E-state index in [0.717, 1.165) is 17.9 Å². The van der Waals surface area contributed by atoms with Crippen molar-refractivity contribution in [3.8, 4) is 0 Å². The van der Waals surface area contributed by atoms with Gasteiger partial charge in [-0.1, -0.05) is 59.6 Å². The molecule has 6 heteroatoms. The molecule has 23 heavy (non-hydrogen) atoms. The van der Waals surface area contributed by atoms with Gasteiger partial charge in [-0.25, -0.2) is 4.68 Å². The molecule has 116 valence electrons. The highest BCUT2D eigenvalue weighted by atomic mass is 35.5. The number of aromatic nitrogens is 3. The maximum atomic E-state index is 6.19. The lowest BCUT2D eigenvalue weighted by molar-refractivity contribution is 0.431. The first-order valence-corrected chi connectivity index (χ1v) is 8.14. The third-order valence-electron chi connectivity index (χ3n) is 4.16. The molecular weight excluding hydrogens is 331 g/mol. The molecule has 2 heterocycles. The summed E-state index contributed by atoms with van der Waals surface area (Å²) in [6, 6.07) is 16.3. The van der Waals surface area contributed by atoms with E-state index in [4.69, 9.17) is 23.2 Å². The van der Waals surface area contributed by atoms with E-state index in [1.165, 1.54) is 5.56 Å². The second kappa shape index (κ2) is 5.87. The van der Waals surface area contributed by atoms with Gasteiger partial charge in [-0.15, -0.1) is 0 Å². The molecule has 0 aliphatic carbocycles. The lowest BCUT2D eigenvalue weighted by Crippen LogP contribution is -2.28. The van der Waals surface area contributed by atoms with Crippen LogP contribution in [0.25, 0.3) is 0 Å². The SMILES string of the molecule is Clc1ccc([C@@H]2C[C@H](c3ccccc3)Nc3ncnn32)cc1Cl. The summed E-state index contributed by atoms with van der Waals surface area (Å²) in [5, 5.41) is 8.93. The molecule has 1 aliphatic rings. The predicted octanol–water partition coefficient (Wildman–Crippen LogP) is 4.73. The van der Waals surface area contributed by atoms with Gasteiger partial charge in [0.05, 0.1) is 22.1 Å². The quantitative estimate of drug-likeness (QED) is 0.730. The van der Waals surface area contributed by atoms with Crippen molar-refractivity contribution < 1.29 is 0 Å². The Balaban J connectivity index is 1.75. The van der Waals surface area contributed by atoms with Crippen LogP contribution in [0, 0.1) is 0 Å². The molecule has 2 atom stereocenters.